The minimum Gasteiger partial charge on any atom is -0.378 e. The maximum absolute atomic E-state index is 11.8. The Morgan fingerprint density at radius 1 is 1.14 bits per heavy atom. The highest BCUT2D eigenvalue weighted by atomic mass is 16.3. The van der Waals surface area contributed by atoms with E-state index in [1.165, 1.54) is 10.5 Å². The number of hydrogen-bond donors (Lipinski definition) is 1. The summed E-state index contributed by atoms with van der Waals surface area (Å²) in [5.74, 6) is -0.277. The quantitative estimate of drug-likeness (QED) is 0.921. The molecule has 4 heteroatoms. The van der Waals surface area contributed by atoms with Gasteiger partial charge >= 0.3 is 0 Å². The molecular formula is C17H18N2O2. The van der Waals surface area contributed by atoms with E-state index in [1.54, 1.807) is 7.05 Å². The Kier molecular flexibility index (Phi) is 3.18. The zero-order valence-electron chi connectivity index (χ0n) is 12.4. The van der Waals surface area contributed by atoms with Crippen LogP contribution in [0.5, 0.6) is 0 Å². The summed E-state index contributed by atoms with van der Waals surface area (Å²) >= 11 is 0. The van der Waals surface area contributed by atoms with Gasteiger partial charge in [-0.25, -0.2) is 0 Å². The monoisotopic (exact) mass is 282 g/mol. The Labute approximate surface area is 124 Å². The van der Waals surface area contributed by atoms with E-state index in [9.17, 15) is 9.90 Å². The molecule has 1 N–H and O–H groups in total. The number of aryl methyl sites for hydroxylation is 1. The summed E-state index contributed by atoms with van der Waals surface area (Å²) in [5.41, 5.74) is 4.70. The Balaban J connectivity index is 2.00. The van der Waals surface area contributed by atoms with Crippen LogP contribution in [0.15, 0.2) is 42.5 Å². The number of carbonyl (C=O) groups excluding carboxylic acids is 1. The van der Waals surface area contributed by atoms with Crippen LogP contribution in [0, 0.1) is 6.92 Å². The molecule has 3 rings (SSSR count). The topological polar surface area (TPSA) is 43.8 Å². The first-order valence-electron chi connectivity index (χ1n) is 6.89. The molecule has 0 aliphatic carbocycles. The first-order valence-corrected chi connectivity index (χ1v) is 6.89. The number of carbonyl (C=O) groups is 1. The van der Waals surface area contributed by atoms with Crippen LogP contribution in [0.1, 0.15) is 17.2 Å². The Morgan fingerprint density at radius 2 is 1.86 bits per heavy atom. The number of aliphatic hydroxyl groups excluding tert-OH is 1. The molecule has 1 unspecified atom stereocenters. The van der Waals surface area contributed by atoms with Crippen molar-refractivity contribution in [3.8, 4) is 0 Å². The van der Waals surface area contributed by atoms with Gasteiger partial charge in [0.25, 0.3) is 5.91 Å². The highest BCUT2D eigenvalue weighted by Crippen LogP contribution is 2.38. The van der Waals surface area contributed by atoms with Crippen LogP contribution < -0.4 is 9.80 Å². The fourth-order valence-corrected chi connectivity index (χ4v) is 2.68. The van der Waals surface area contributed by atoms with Gasteiger partial charge in [-0.1, -0.05) is 18.2 Å². The Morgan fingerprint density at radius 3 is 2.57 bits per heavy atom. The average molecular weight is 282 g/mol. The van der Waals surface area contributed by atoms with E-state index < -0.39 is 6.10 Å². The van der Waals surface area contributed by atoms with Gasteiger partial charge < -0.3 is 14.9 Å². The predicted octanol–water partition coefficient (Wildman–Crippen LogP) is 2.77. The van der Waals surface area contributed by atoms with Crippen molar-refractivity contribution in [1.82, 2.24) is 0 Å². The third-order valence-corrected chi connectivity index (χ3v) is 4.01. The van der Waals surface area contributed by atoms with Gasteiger partial charge in [0, 0.05) is 31.0 Å². The second-order valence-electron chi connectivity index (χ2n) is 5.44. The van der Waals surface area contributed by atoms with Crippen molar-refractivity contribution in [2.45, 2.75) is 13.0 Å². The van der Waals surface area contributed by atoms with Gasteiger partial charge in [-0.05, 0) is 36.8 Å². The lowest BCUT2D eigenvalue weighted by molar-refractivity contribution is -0.125. The maximum atomic E-state index is 11.8. The molecule has 21 heavy (non-hydrogen) atoms. The molecule has 0 aromatic heterocycles. The third kappa shape index (κ3) is 2.17. The zero-order chi connectivity index (χ0) is 15.1. The van der Waals surface area contributed by atoms with Crippen molar-refractivity contribution in [3.63, 3.8) is 0 Å². The second kappa shape index (κ2) is 4.90. The van der Waals surface area contributed by atoms with E-state index >= 15 is 0 Å². The number of benzene rings is 2. The molecule has 0 saturated carbocycles. The summed E-state index contributed by atoms with van der Waals surface area (Å²) in [7, 11) is 3.68. The maximum Gasteiger partial charge on any atom is 0.260 e. The van der Waals surface area contributed by atoms with Gasteiger partial charge in [0.05, 0.1) is 5.69 Å². The van der Waals surface area contributed by atoms with Crippen LogP contribution in [0.25, 0.3) is 0 Å². The van der Waals surface area contributed by atoms with Gasteiger partial charge in [-0.2, -0.15) is 0 Å². The number of fused-ring (bicyclic) bond motifs is 1. The van der Waals surface area contributed by atoms with Crippen LogP contribution >= 0.6 is 0 Å². The van der Waals surface area contributed by atoms with Crippen LogP contribution in [0.2, 0.25) is 0 Å². The van der Waals surface area contributed by atoms with Crippen molar-refractivity contribution in [3.05, 3.63) is 53.6 Å². The minimum absolute atomic E-state index is 0.277. The first kappa shape index (κ1) is 13.6. The van der Waals surface area contributed by atoms with Crippen LogP contribution in [0.3, 0.4) is 0 Å². The van der Waals surface area contributed by atoms with E-state index in [4.69, 9.17) is 0 Å². The molecule has 1 heterocycles. The molecule has 1 aliphatic heterocycles. The van der Waals surface area contributed by atoms with E-state index in [2.05, 4.69) is 24.0 Å². The molecule has 0 spiro atoms. The Hall–Kier alpha value is -2.33. The standard InChI is InChI=1S/C17H18N2O2/c1-11-5-4-6-12(9-11)18(2)13-7-8-14-15(10-13)19(3)17(21)16(14)20/h4-10,16,20H,1-3H3. The summed E-state index contributed by atoms with van der Waals surface area (Å²) < 4.78 is 0. The van der Waals surface area contributed by atoms with E-state index in [1.807, 2.05) is 37.4 Å². The minimum atomic E-state index is -1.04. The van der Waals surface area contributed by atoms with Crippen molar-refractivity contribution < 1.29 is 9.90 Å². The van der Waals surface area contributed by atoms with Crippen LogP contribution in [-0.4, -0.2) is 25.1 Å². The van der Waals surface area contributed by atoms with Crippen molar-refractivity contribution in [2.75, 3.05) is 23.9 Å². The first-order chi connectivity index (χ1) is 9.99. The lowest BCUT2D eigenvalue weighted by Gasteiger charge is -2.21. The molecule has 0 radical (unpaired) electrons. The number of likely N-dealkylation sites (N-methyl/N-ethyl adjacent to an activating group) is 1. The third-order valence-electron chi connectivity index (χ3n) is 4.01. The number of hydrogen-bond acceptors (Lipinski definition) is 3. The fraction of sp³-hybridized carbons (Fsp3) is 0.235. The molecule has 0 fully saturated rings. The summed E-state index contributed by atoms with van der Waals surface area (Å²) in [6.45, 7) is 2.06. The lowest BCUT2D eigenvalue weighted by Crippen LogP contribution is -2.23. The molecular weight excluding hydrogens is 264 g/mol. The number of aliphatic hydroxyl groups is 1. The van der Waals surface area contributed by atoms with Crippen LogP contribution in [0.4, 0.5) is 17.1 Å². The summed E-state index contributed by atoms with van der Waals surface area (Å²) in [6.07, 6.45) is -1.04. The van der Waals surface area contributed by atoms with E-state index in [0.717, 1.165) is 17.1 Å². The number of nitrogens with zero attached hydrogens (tertiary/aromatic N) is 2. The number of anilines is 3. The van der Waals surface area contributed by atoms with Gasteiger partial charge in [0.1, 0.15) is 0 Å². The van der Waals surface area contributed by atoms with Gasteiger partial charge in [-0.3, -0.25) is 4.79 Å². The second-order valence-corrected chi connectivity index (χ2v) is 5.44. The van der Waals surface area contributed by atoms with Crippen molar-refractivity contribution in [1.29, 1.82) is 0 Å². The predicted molar refractivity (Wildman–Crippen MR) is 84.1 cm³/mol. The number of amides is 1. The fourth-order valence-electron chi connectivity index (χ4n) is 2.68. The normalized spacial score (nSPS) is 17.0. The lowest BCUT2D eigenvalue weighted by atomic mass is 10.1. The largest absolute Gasteiger partial charge is 0.378 e. The van der Waals surface area contributed by atoms with E-state index in [-0.39, 0.29) is 5.91 Å². The van der Waals surface area contributed by atoms with E-state index in [0.29, 0.717) is 5.56 Å². The van der Waals surface area contributed by atoms with Gasteiger partial charge in [0.2, 0.25) is 0 Å². The molecule has 1 atom stereocenters. The van der Waals surface area contributed by atoms with Crippen molar-refractivity contribution in [2.24, 2.45) is 0 Å². The van der Waals surface area contributed by atoms with Crippen LogP contribution in [-0.2, 0) is 4.79 Å². The average Bonchev–Trinajstić information content (AvgIpc) is 2.71. The SMILES string of the molecule is Cc1cccc(N(C)c2ccc3c(c2)N(C)C(=O)C3O)c1. The van der Waals surface area contributed by atoms with Crippen molar-refractivity contribution >= 4 is 23.0 Å². The molecule has 108 valence electrons. The molecule has 2 aromatic carbocycles. The zero-order valence-corrected chi connectivity index (χ0v) is 12.4. The summed E-state index contributed by atoms with van der Waals surface area (Å²) in [5, 5.41) is 9.90. The molecule has 1 aliphatic rings. The summed E-state index contributed by atoms with van der Waals surface area (Å²) in [4.78, 5) is 15.4. The molecule has 2 aromatic rings. The highest BCUT2D eigenvalue weighted by Gasteiger charge is 2.33. The molecule has 4 nitrogen and oxygen atoms in total. The molecule has 0 bridgehead atoms. The van der Waals surface area contributed by atoms with Gasteiger partial charge in [-0.15, -0.1) is 0 Å². The molecule has 0 saturated heterocycles. The van der Waals surface area contributed by atoms with Gasteiger partial charge in [0.15, 0.2) is 6.10 Å². The molecule has 1 amide bonds. The number of rotatable bonds is 2. The highest BCUT2D eigenvalue weighted by molar-refractivity contribution is 6.04. The summed E-state index contributed by atoms with van der Waals surface area (Å²) in [6, 6.07) is 13.9. The Bertz CT molecular complexity index is 712. The smallest absolute Gasteiger partial charge is 0.260 e.